The summed E-state index contributed by atoms with van der Waals surface area (Å²) in [7, 11) is 0. The highest BCUT2D eigenvalue weighted by Crippen LogP contribution is 2.24. The molecule has 2 aliphatic rings. The van der Waals surface area contributed by atoms with E-state index in [0.29, 0.717) is 11.3 Å². The number of halogens is 1. The van der Waals surface area contributed by atoms with Crippen LogP contribution in [0.3, 0.4) is 0 Å². The molecule has 1 heterocycles. The van der Waals surface area contributed by atoms with Crippen molar-refractivity contribution in [2.45, 2.75) is 44.2 Å². The van der Waals surface area contributed by atoms with Crippen molar-refractivity contribution in [3.63, 3.8) is 0 Å². The van der Waals surface area contributed by atoms with Crippen molar-refractivity contribution in [1.82, 2.24) is 5.32 Å². The lowest BCUT2D eigenvalue weighted by Gasteiger charge is -2.33. The molecule has 1 aliphatic carbocycles. The number of carbonyl (C=O) groups is 2. The van der Waals surface area contributed by atoms with Gasteiger partial charge in [0, 0.05) is 10.0 Å². The van der Waals surface area contributed by atoms with Gasteiger partial charge >= 0.3 is 0 Å². The van der Waals surface area contributed by atoms with Gasteiger partial charge in [0.25, 0.3) is 5.91 Å². The third-order valence-electron chi connectivity index (χ3n) is 4.12. The fourth-order valence-electron chi connectivity index (χ4n) is 2.96. The van der Waals surface area contributed by atoms with Crippen LogP contribution in [0.15, 0.2) is 33.7 Å². The standard InChI is InChI=1S/C16H17BrN2O2/c17-11-7-5-10(6-8-11)15(20)9-14-16(21)19-13-4-2-1-3-12(13)18-14/h5-8,12-13H,1-4,9H2,(H,19,21). The molecule has 1 saturated carbocycles. The highest BCUT2D eigenvalue weighted by molar-refractivity contribution is 9.10. The number of fused-ring (bicyclic) bond motifs is 1. The van der Waals surface area contributed by atoms with E-state index >= 15 is 0 Å². The zero-order chi connectivity index (χ0) is 14.8. The Bertz CT molecular complexity index is 595. The van der Waals surface area contributed by atoms with E-state index in [1.165, 1.54) is 0 Å². The molecule has 0 spiro atoms. The van der Waals surface area contributed by atoms with E-state index in [2.05, 4.69) is 26.2 Å². The van der Waals surface area contributed by atoms with Crippen molar-refractivity contribution in [1.29, 1.82) is 0 Å². The fourth-order valence-corrected chi connectivity index (χ4v) is 3.22. The first-order chi connectivity index (χ1) is 10.1. The smallest absolute Gasteiger partial charge is 0.265 e. The average Bonchev–Trinajstić information content (AvgIpc) is 2.48. The van der Waals surface area contributed by atoms with E-state index in [9.17, 15) is 9.59 Å². The molecule has 0 radical (unpaired) electrons. The number of aliphatic imine (C=N–C) groups is 1. The SMILES string of the molecule is O=C1NC2CCCCC2N=C1CC(=O)c1ccc(Br)cc1. The van der Waals surface area contributed by atoms with Gasteiger partial charge in [0.1, 0.15) is 5.71 Å². The highest BCUT2D eigenvalue weighted by atomic mass is 79.9. The largest absolute Gasteiger partial charge is 0.346 e. The number of carbonyl (C=O) groups excluding carboxylic acids is 2. The van der Waals surface area contributed by atoms with Crippen molar-refractivity contribution in [2.24, 2.45) is 4.99 Å². The Morgan fingerprint density at radius 1 is 1.24 bits per heavy atom. The molecule has 5 heteroatoms. The number of hydrogen-bond acceptors (Lipinski definition) is 3. The molecular formula is C16H17BrN2O2. The maximum absolute atomic E-state index is 12.3. The Hall–Kier alpha value is -1.49. The van der Waals surface area contributed by atoms with Gasteiger partial charge in [0.2, 0.25) is 0 Å². The van der Waals surface area contributed by atoms with Gasteiger partial charge in [-0.05, 0) is 25.0 Å². The van der Waals surface area contributed by atoms with Crippen LogP contribution in [0.1, 0.15) is 42.5 Å². The molecule has 0 saturated heterocycles. The Balaban J connectivity index is 1.74. The Kier molecular flexibility index (Phi) is 4.19. The molecule has 1 aromatic rings. The van der Waals surface area contributed by atoms with E-state index in [4.69, 9.17) is 0 Å². The number of hydrogen-bond donors (Lipinski definition) is 1. The van der Waals surface area contributed by atoms with E-state index in [1.54, 1.807) is 12.1 Å². The lowest BCUT2D eigenvalue weighted by molar-refractivity contribution is -0.116. The van der Waals surface area contributed by atoms with Crippen LogP contribution in [-0.2, 0) is 4.79 Å². The van der Waals surface area contributed by atoms with Crippen LogP contribution in [0.5, 0.6) is 0 Å². The summed E-state index contributed by atoms with van der Waals surface area (Å²) >= 11 is 3.34. The first kappa shape index (κ1) is 14.4. The summed E-state index contributed by atoms with van der Waals surface area (Å²) in [6, 6.07) is 7.50. The number of nitrogens with zero attached hydrogens (tertiary/aromatic N) is 1. The third kappa shape index (κ3) is 3.23. The van der Waals surface area contributed by atoms with E-state index in [0.717, 1.165) is 30.2 Å². The molecule has 2 unspecified atom stereocenters. The van der Waals surface area contributed by atoms with Crippen LogP contribution in [0.4, 0.5) is 0 Å². The van der Waals surface area contributed by atoms with E-state index < -0.39 is 0 Å². The summed E-state index contributed by atoms with van der Waals surface area (Å²) in [4.78, 5) is 28.9. The summed E-state index contributed by atoms with van der Waals surface area (Å²) in [5, 5.41) is 3.00. The third-order valence-corrected chi connectivity index (χ3v) is 4.65. The minimum atomic E-state index is -0.177. The fraction of sp³-hybridized carbons (Fsp3) is 0.438. The average molecular weight is 349 g/mol. The highest BCUT2D eigenvalue weighted by Gasteiger charge is 2.33. The predicted molar refractivity (Wildman–Crippen MR) is 84.7 cm³/mol. The van der Waals surface area contributed by atoms with Crippen molar-refractivity contribution in [3.8, 4) is 0 Å². The molecular weight excluding hydrogens is 332 g/mol. The van der Waals surface area contributed by atoms with Crippen LogP contribution in [0, 0.1) is 0 Å². The molecule has 1 amide bonds. The molecule has 1 aliphatic heterocycles. The molecule has 110 valence electrons. The van der Waals surface area contributed by atoms with Crippen molar-refractivity contribution < 1.29 is 9.59 Å². The Labute approximate surface area is 132 Å². The quantitative estimate of drug-likeness (QED) is 0.853. The second kappa shape index (κ2) is 6.10. The summed E-state index contributed by atoms with van der Waals surface area (Å²) in [5.74, 6) is -0.241. The number of ketones is 1. The number of amides is 1. The first-order valence-electron chi connectivity index (χ1n) is 7.30. The van der Waals surface area contributed by atoms with Crippen molar-refractivity contribution in [2.75, 3.05) is 0 Å². The van der Waals surface area contributed by atoms with Crippen LogP contribution in [0.25, 0.3) is 0 Å². The zero-order valence-electron chi connectivity index (χ0n) is 11.6. The normalized spacial score (nSPS) is 24.8. The zero-order valence-corrected chi connectivity index (χ0v) is 13.2. The van der Waals surface area contributed by atoms with E-state index in [-0.39, 0.29) is 30.2 Å². The van der Waals surface area contributed by atoms with Gasteiger partial charge in [-0.1, -0.05) is 40.9 Å². The lowest BCUT2D eigenvalue weighted by Crippen LogP contribution is -2.51. The summed E-state index contributed by atoms with van der Waals surface area (Å²) in [6.07, 6.45) is 4.37. The number of nitrogens with one attached hydrogen (secondary N) is 1. The minimum absolute atomic E-state index is 0.0642. The predicted octanol–water partition coefficient (Wildman–Crippen LogP) is 2.90. The first-order valence-corrected chi connectivity index (χ1v) is 8.09. The van der Waals surface area contributed by atoms with Crippen LogP contribution in [-0.4, -0.2) is 29.5 Å². The summed E-state index contributed by atoms with van der Waals surface area (Å²) in [5.41, 5.74) is 0.991. The van der Waals surface area contributed by atoms with Gasteiger partial charge in [0.15, 0.2) is 5.78 Å². The molecule has 1 fully saturated rings. The Morgan fingerprint density at radius 2 is 1.95 bits per heavy atom. The minimum Gasteiger partial charge on any atom is -0.346 e. The number of Topliss-reactive ketones (excluding diaryl/α,β-unsaturated/α-hetero) is 1. The summed E-state index contributed by atoms with van der Waals surface area (Å²) < 4.78 is 0.928. The Morgan fingerprint density at radius 3 is 2.71 bits per heavy atom. The molecule has 0 aromatic heterocycles. The maximum atomic E-state index is 12.3. The van der Waals surface area contributed by atoms with Crippen LogP contribution >= 0.6 is 15.9 Å². The van der Waals surface area contributed by atoms with Crippen LogP contribution < -0.4 is 5.32 Å². The number of benzene rings is 1. The van der Waals surface area contributed by atoms with Gasteiger partial charge in [-0.25, -0.2) is 0 Å². The molecule has 4 nitrogen and oxygen atoms in total. The van der Waals surface area contributed by atoms with Crippen LogP contribution in [0.2, 0.25) is 0 Å². The van der Waals surface area contributed by atoms with Gasteiger partial charge in [-0.2, -0.15) is 0 Å². The molecule has 2 atom stereocenters. The molecule has 1 aromatic carbocycles. The van der Waals surface area contributed by atoms with Crippen molar-refractivity contribution in [3.05, 3.63) is 34.3 Å². The topological polar surface area (TPSA) is 58.5 Å². The number of rotatable bonds is 3. The van der Waals surface area contributed by atoms with Gasteiger partial charge in [-0.3, -0.25) is 14.6 Å². The van der Waals surface area contributed by atoms with Gasteiger partial charge in [-0.15, -0.1) is 0 Å². The lowest BCUT2D eigenvalue weighted by atomic mass is 9.88. The maximum Gasteiger partial charge on any atom is 0.265 e. The summed E-state index contributed by atoms with van der Waals surface area (Å²) in [6.45, 7) is 0. The second-order valence-electron chi connectivity index (χ2n) is 5.61. The molecule has 3 rings (SSSR count). The van der Waals surface area contributed by atoms with E-state index in [1.807, 2.05) is 12.1 Å². The molecule has 0 bridgehead atoms. The molecule has 21 heavy (non-hydrogen) atoms. The second-order valence-corrected chi connectivity index (χ2v) is 6.53. The van der Waals surface area contributed by atoms with Gasteiger partial charge in [0.05, 0.1) is 18.5 Å². The van der Waals surface area contributed by atoms with Gasteiger partial charge < -0.3 is 5.32 Å². The molecule has 1 N–H and O–H groups in total. The monoisotopic (exact) mass is 348 g/mol. The van der Waals surface area contributed by atoms with Crippen molar-refractivity contribution >= 4 is 33.3 Å².